The summed E-state index contributed by atoms with van der Waals surface area (Å²) in [5.41, 5.74) is 1.39. The zero-order chi connectivity index (χ0) is 24.1. The molecular formula is C24H21F3N2O4S. The maximum Gasteiger partial charge on any atom is 0.573 e. The summed E-state index contributed by atoms with van der Waals surface area (Å²) < 4.78 is 70.6. The van der Waals surface area contributed by atoms with Crippen LogP contribution in [-0.4, -0.2) is 36.7 Å². The van der Waals surface area contributed by atoms with Gasteiger partial charge in [-0.2, -0.15) is 4.31 Å². The lowest BCUT2D eigenvalue weighted by Gasteiger charge is -2.42. The van der Waals surface area contributed by atoms with Crippen LogP contribution in [0.1, 0.15) is 18.0 Å². The van der Waals surface area contributed by atoms with E-state index in [9.17, 15) is 26.4 Å². The van der Waals surface area contributed by atoms with E-state index in [0.29, 0.717) is 24.2 Å². The molecule has 1 aromatic heterocycles. The minimum absolute atomic E-state index is 0.0137. The molecule has 2 aliphatic rings. The van der Waals surface area contributed by atoms with Gasteiger partial charge in [0.15, 0.2) is 0 Å². The first kappa shape index (κ1) is 22.7. The summed E-state index contributed by atoms with van der Waals surface area (Å²) >= 11 is 0. The number of nitrogens with zero attached hydrogens (tertiary/aromatic N) is 2. The largest absolute Gasteiger partial charge is 0.573 e. The molecule has 178 valence electrons. The fraction of sp³-hybridized carbons (Fsp3) is 0.292. The molecule has 2 bridgehead atoms. The average molecular weight is 491 g/mol. The molecule has 0 amide bonds. The van der Waals surface area contributed by atoms with E-state index < -0.39 is 16.4 Å². The number of sulfonamides is 1. The number of halogens is 3. The van der Waals surface area contributed by atoms with Gasteiger partial charge in [-0.15, -0.1) is 13.2 Å². The Hall–Kier alpha value is -3.11. The molecule has 2 aromatic carbocycles. The number of benzene rings is 2. The lowest BCUT2D eigenvalue weighted by Crippen LogP contribution is -2.49. The summed E-state index contributed by atoms with van der Waals surface area (Å²) in [4.78, 5) is 13.5. The number of hydrogen-bond acceptors (Lipinski definition) is 4. The minimum atomic E-state index is -4.79. The summed E-state index contributed by atoms with van der Waals surface area (Å²) in [6, 6.07) is 17.0. The fourth-order valence-corrected chi connectivity index (χ4v) is 6.48. The Balaban J connectivity index is 1.43. The van der Waals surface area contributed by atoms with Crippen molar-refractivity contribution in [3.05, 3.63) is 82.8 Å². The molecule has 2 aliphatic heterocycles. The highest BCUT2D eigenvalue weighted by atomic mass is 32.2. The van der Waals surface area contributed by atoms with Gasteiger partial charge >= 0.3 is 6.36 Å². The Morgan fingerprint density at radius 2 is 1.59 bits per heavy atom. The molecule has 3 heterocycles. The van der Waals surface area contributed by atoms with Crippen LogP contribution in [0.3, 0.4) is 0 Å². The SMILES string of the molecule is O=c1c(-c2ccc(OC(F)(F)F)cc2)ccc2n1CC1CC2CN(S(=O)(=O)c2ccccc2)C1. The monoisotopic (exact) mass is 490 g/mol. The van der Waals surface area contributed by atoms with Gasteiger partial charge in [0.25, 0.3) is 5.56 Å². The average Bonchev–Trinajstić information content (AvgIpc) is 2.80. The van der Waals surface area contributed by atoms with Crippen LogP contribution in [0.15, 0.2) is 76.4 Å². The highest BCUT2D eigenvalue weighted by Crippen LogP contribution is 2.38. The van der Waals surface area contributed by atoms with E-state index in [1.165, 1.54) is 28.6 Å². The second-order valence-electron chi connectivity index (χ2n) is 8.59. The lowest BCUT2D eigenvalue weighted by atomic mass is 9.84. The van der Waals surface area contributed by atoms with Gasteiger partial charge < -0.3 is 9.30 Å². The smallest absolute Gasteiger partial charge is 0.406 e. The number of aromatic nitrogens is 1. The Kier molecular flexibility index (Phi) is 5.52. The van der Waals surface area contributed by atoms with E-state index in [1.807, 2.05) is 6.07 Å². The molecule has 3 aromatic rings. The molecule has 0 spiro atoms. The predicted octanol–water partition coefficient (Wildman–Crippen LogP) is 4.22. The molecule has 1 fully saturated rings. The maximum atomic E-state index is 13.3. The number of alkyl halides is 3. The number of piperidine rings is 1. The normalized spacial score (nSPS) is 20.6. The molecular weight excluding hydrogens is 469 g/mol. The second kappa shape index (κ2) is 8.28. The first-order valence-corrected chi connectivity index (χ1v) is 12.2. The number of fused-ring (bicyclic) bond motifs is 4. The first-order valence-electron chi connectivity index (χ1n) is 10.8. The van der Waals surface area contributed by atoms with Crippen molar-refractivity contribution < 1.29 is 26.3 Å². The lowest BCUT2D eigenvalue weighted by molar-refractivity contribution is -0.274. The minimum Gasteiger partial charge on any atom is -0.406 e. The van der Waals surface area contributed by atoms with Crippen LogP contribution in [0.25, 0.3) is 11.1 Å². The van der Waals surface area contributed by atoms with E-state index in [2.05, 4.69) is 4.74 Å². The van der Waals surface area contributed by atoms with Crippen molar-refractivity contribution in [1.82, 2.24) is 8.87 Å². The van der Waals surface area contributed by atoms with Crippen LogP contribution in [0.4, 0.5) is 13.2 Å². The Labute approximate surface area is 194 Å². The fourth-order valence-electron chi connectivity index (χ4n) is 4.90. The Morgan fingerprint density at radius 3 is 2.26 bits per heavy atom. The highest BCUT2D eigenvalue weighted by Gasteiger charge is 2.39. The van der Waals surface area contributed by atoms with Gasteiger partial charge in [-0.3, -0.25) is 4.79 Å². The van der Waals surface area contributed by atoms with Crippen LogP contribution >= 0.6 is 0 Å². The van der Waals surface area contributed by atoms with Crippen LogP contribution in [0, 0.1) is 5.92 Å². The predicted molar refractivity (Wildman–Crippen MR) is 119 cm³/mol. The van der Waals surface area contributed by atoms with E-state index in [0.717, 1.165) is 12.1 Å². The second-order valence-corrected chi connectivity index (χ2v) is 10.5. The van der Waals surface area contributed by atoms with Gasteiger partial charge in [-0.1, -0.05) is 30.3 Å². The van der Waals surface area contributed by atoms with Crippen molar-refractivity contribution in [2.75, 3.05) is 13.1 Å². The topological polar surface area (TPSA) is 68.6 Å². The molecule has 1 saturated heterocycles. The van der Waals surface area contributed by atoms with Crippen molar-refractivity contribution in [3.63, 3.8) is 0 Å². The van der Waals surface area contributed by atoms with Gasteiger partial charge in [0.1, 0.15) is 5.75 Å². The summed E-state index contributed by atoms with van der Waals surface area (Å²) in [6.45, 7) is 0.998. The summed E-state index contributed by atoms with van der Waals surface area (Å²) in [5, 5.41) is 0. The van der Waals surface area contributed by atoms with E-state index in [-0.39, 0.29) is 34.6 Å². The molecule has 5 rings (SSSR count). The quantitative estimate of drug-likeness (QED) is 0.549. The molecule has 0 saturated carbocycles. The maximum absolute atomic E-state index is 13.3. The van der Waals surface area contributed by atoms with Crippen molar-refractivity contribution in [3.8, 4) is 16.9 Å². The number of ether oxygens (including phenoxy) is 1. The molecule has 2 atom stereocenters. The number of hydrogen-bond donors (Lipinski definition) is 0. The van der Waals surface area contributed by atoms with Crippen molar-refractivity contribution in [1.29, 1.82) is 0 Å². The van der Waals surface area contributed by atoms with E-state index in [1.54, 1.807) is 41.0 Å². The molecule has 0 aliphatic carbocycles. The van der Waals surface area contributed by atoms with Crippen LogP contribution in [0.2, 0.25) is 0 Å². The third-order valence-electron chi connectivity index (χ3n) is 6.35. The van der Waals surface area contributed by atoms with Crippen LogP contribution in [-0.2, 0) is 16.6 Å². The first-order chi connectivity index (χ1) is 16.1. The van der Waals surface area contributed by atoms with Crippen molar-refractivity contribution in [2.24, 2.45) is 5.92 Å². The molecule has 6 nitrogen and oxygen atoms in total. The van der Waals surface area contributed by atoms with Gasteiger partial charge in [0, 0.05) is 36.8 Å². The van der Waals surface area contributed by atoms with Gasteiger partial charge in [-0.05, 0) is 54.3 Å². The summed E-state index contributed by atoms with van der Waals surface area (Å²) in [6.07, 6.45) is -3.99. The van der Waals surface area contributed by atoms with Crippen molar-refractivity contribution >= 4 is 10.0 Å². The third-order valence-corrected chi connectivity index (χ3v) is 8.20. The highest BCUT2D eigenvalue weighted by molar-refractivity contribution is 7.89. The summed E-state index contributed by atoms with van der Waals surface area (Å²) in [5.74, 6) is -0.487. The third kappa shape index (κ3) is 4.23. The van der Waals surface area contributed by atoms with Gasteiger partial charge in [-0.25, -0.2) is 8.42 Å². The van der Waals surface area contributed by atoms with E-state index >= 15 is 0 Å². The molecule has 2 unspecified atom stereocenters. The van der Waals surface area contributed by atoms with Crippen molar-refractivity contribution in [2.45, 2.75) is 30.1 Å². The zero-order valence-corrected chi connectivity index (χ0v) is 18.7. The zero-order valence-electron chi connectivity index (χ0n) is 17.9. The molecule has 0 N–H and O–H groups in total. The van der Waals surface area contributed by atoms with Crippen LogP contribution in [0.5, 0.6) is 5.75 Å². The number of pyridine rings is 1. The van der Waals surface area contributed by atoms with Gasteiger partial charge in [0.05, 0.1) is 4.90 Å². The molecule has 0 radical (unpaired) electrons. The van der Waals surface area contributed by atoms with Crippen LogP contribution < -0.4 is 10.3 Å². The standard InChI is InChI=1S/C24H21F3N2O4S/c25-24(26,27)33-19-8-6-17(7-9-19)21-10-11-22-18-12-16(14-29(22)23(21)30)13-28(15-18)34(31,32)20-4-2-1-3-5-20/h1-11,16,18H,12-15H2. The molecule has 10 heteroatoms. The van der Waals surface area contributed by atoms with Gasteiger partial charge in [0.2, 0.25) is 10.0 Å². The Morgan fingerprint density at radius 1 is 0.882 bits per heavy atom. The molecule has 34 heavy (non-hydrogen) atoms. The van der Waals surface area contributed by atoms with E-state index in [4.69, 9.17) is 0 Å². The number of rotatable bonds is 4. The summed E-state index contributed by atoms with van der Waals surface area (Å²) in [7, 11) is -3.63. The Bertz CT molecular complexity index is 1370.